The zero-order valence-electron chi connectivity index (χ0n) is 12.5. The molecule has 5 nitrogen and oxygen atoms in total. The van der Waals surface area contributed by atoms with Crippen molar-refractivity contribution < 1.29 is 27.0 Å². The van der Waals surface area contributed by atoms with Gasteiger partial charge in [0.1, 0.15) is 11.5 Å². The van der Waals surface area contributed by atoms with Crippen molar-refractivity contribution in [2.75, 3.05) is 33.2 Å². The summed E-state index contributed by atoms with van der Waals surface area (Å²) in [6.07, 6.45) is 1.37. The first-order chi connectivity index (χ1) is 10.9. The number of ether oxygens (including phenoxy) is 2. The van der Waals surface area contributed by atoms with Crippen LogP contribution >= 0.6 is 0 Å². The van der Waals surface area contributed by atoms with Crippen molar-refractivity contribution in [2.45, 2.75) is 13.2 Å². The average molecular weight is 335 g/mol. The van der Waals surface area contributed by atoms with E-state index < -0.39 is 13.2 Å². The number of alkyl halides is 4. The molecular formula is C14H17F4N3O2. The molecule has 0 bridgehead atoms. The van der Waals surface area contributed by atoms with Crippen LogP contribution in [0, 0.1) is 0 Å². The normalized spacial score (nSPS) is 16.6. The molecule has 0 aromatic heterocycles. The number of hydrogen-bond donors (Lipinski definition) is 0. The molecule has 23 heavy (non-hydrogen) atoms. The molecule has 1 fully saturated rings. The van der Waals surface area contributed by atoms with Gasteiger partial charge in [-0.1, -0.05) is 0 Å². The van der Waals surface area contributed by atoms with Crippen LogP contribution in [0.15, 0.2) is 23.3 Å². The first-order valence-corrected chi connectivity index (χ1v) is 6.95. The lowest BCUT2D eigenvalue weighted by Crippen LogP contribution is -2.41. The Morgan fingerprint density at radius 1 is 1.04 bits per heavy atom. The average Bonchev–Trinajstić information content (AvgIpc) is 2.47. The van der Waals surface area contributed by atoms with Crippen molar-refractivity contribution in [1.29, 1.82) is 0 Å². The zero-order valence-corrected chi connectivity index (χ0v) is 12.5. The van der Waals surface area contributed by atoms with E-state index in [4.69, 9.17) is 0 Å². The number of benzene rings is 1. The van der Waals surface area contributed by atoms with E-state index in [0.29, 0.717) is 13.1 Å². The first-order valence-electron chi connectivity index (χ1n) is 6.95. The van der Waals surface area contributed by atoms with Gasteiger partial charge in [-0.3, -0.25) is 5.01 Å². The quantitative estimate of drug-likeness (QED) is 0.591. The van der Waals surface area contributed by atoms with Crippen molar-refractivity contribution >= 4 is 6.21 Å². The number of hydrogen-bond acceptors (Lipinski definition) is 5. The number of hydrazone groups is 1. The van der Waals surface area contributed by atoms with Gasteiger partial charge in [-0.2, -0.15) is 22.7 Å². The van der Waals surface area contributed by atoms with Crippen LogP contribution in [0.4, 0.5) is 17.6 Å². The second-order valence-corrected chi connectivity index (χ2v) is 4.96. The smallest absolute Gasteiger partial charge is 0.387 e. The minimum Gasteiger partial charge on any atom is -0.435 e. The Balaban J connectivity index is 2.12. The van der Waals surface area contributed by atoms with Crippen LogP contribution in [0.5, 0.6) is 11.5 Å². The maximum atomic E-state index is 12.5. The van der Waals surface area contributed by atoms with Gasteiger partial charge < -0.3 is 14.4 Å². The number of likely N-dealkylation sites (N-methyl/N-ethyl adjacent to an activating group) is 1. The minimum absolute atomic E-state index is 0.255. The molecule has 1 saturated heterocycles. The largest absolute Gasteiger partial charge is 0.435 e. The van der Waals surface area contributed by atoms with Crippen LogP contribution in [0.25, 0.3) is 0 Å². The molecule has 1 aromatic carbocycles. The Kier molecular flexibility index (Phi) is 6.03. The molecule has 0 saturated carbocycles. The summed E-state index contributed by atoms with van der Waals surface area (Å²) >= 11 is 0. The molecule has 2 rings (SSSR count). The predicted octanol–water partition coefficient (Wildman–Crippen LogP) is 2.47. The molecule has 0 spiro atoms. The summed E-state index contributed by atoms with van der Waals surface area (Å²) < 4.78 is 57.8. The van der Waals surface area contributed by atoms with Crippen LogP contribution in [-0.2, 0) is 0 Å². The van der Waals surface area contributed by atoms with Crippen molar-refractivity contribution in [2.24, 2.45) is 5.10 Å². The SMILES string of the molecule is CN1CCN(/N=C/c2ccc(OC(F)F)cc2OC(F)F)CC1. The maximum Gasteiger partial charge on any atom is 0.387 e. The Morgan fingerprint density at radius 2 is 1.70 bits per heavy atom. The topological polar surface area (TPSA) is 37.3 Å². The molecule has 1 aliphatic rings. The molecule has 0 N–H and O–H groups in total. The highest BCUT2D eigenvalue weighted by Gasteiger charge is 2.14. The fraction of sp³-hybridized carbons (Fsp3) is 0.500. The summed E-state index contributed by atoms with van der Waals surface area (Å²) in [7, 11) is 2.00. The standard InChI is InChI=1S/C14H17F4N3O2/c1-20-4-6-21(7-5-20)19-9-10-2-3-11(22-13(15)16)8-12(10)23-14(17)18/h2-3,8-9,13-14H,4-7H2,1H3/b19-9+. The van der Waals surface area contributed by atoms with Gasteiger partial charge >= 0.3 is 13.2 Å². The van der Waals surface area contributed by atoms with Gasteiger partial charge in [0.05, 0.1) is 6.21 Å². The fourth-order valence-corrected chi connectivity index (χ4v) is 2.05. The summed E-state index contributed by atoms with van der Waals surface area (Å²) in [5.74, 6) is -0.525. The van der Waals surface area contributed by atoms with E-state index in [1.165, 1.54) is 18.3 Å². The molecule has 0 atom stereocenters. The third kappa shape index (κ3) is 5.59. The second kappa shape index (κ2) is 8.00. The van der Waals surface area contributed by atoms with Crippen LogP contribution < -0.4 is 9.47 Å². The number of piperazine rings is 1. The fourth-order valence-electron chi connectivity index (χ4n) is 2.05. The maximum absolute atomic E-state index is 12.5. The molecule has 1 aliphatic heterocycles. The number of halogens is 4. The van der Waals surface area contributed by atoms with E-state index in [9.17, 15) is 17.6 Å². The Hall–Kier alpha value is -2.03. The Labute approximate surface area is 131 Å². The Bertz CT molecular complexity index is 535. The number of nitrogens with zero attached hydrogens (tertiary/aromatic N) is 3. The van der Waals surface area contributed by atoms with Gasteiger partial charge in [0.15, 0.2) is 0 Å². The van der Waals surface area contributed by atoms with Gasteiger partial charge in [-0.05, 0) is 19.2 Å². The van der Waals surface area contributed by atoms with E-state index in [0.717, 1.165) is 19.2 Å². The summed E-state index contributed by atoms with van der Waals surface area (Å²) in [6, 6.07) is 3.58. The van der Waals surface area contributed by atoms with E-state index in [1.807, 2.05) is 7.05 Å². The minimum atomic E-state index is -3.08. The van der Waals surface area contributed by atoms with E-state index in [2.05, 4.69) is 19.5 Å². The highest BCUT2D eigenvalue weighted by atomic mass is 19.3. The predicted molar refractivity (Wildman–Crippen MR) is 76.4 cm³/mol. The van der Waals surface area contributed by atoms with Crippen LogP contribution in [0.3, 0.4) is 0 Å². The lowest BCUT2D eigenvalue weighted by atomic mass is 10.2. The van der Waals surface area contributed by atoms with Crippen molar-refractivity contribution in [3.05, 3.63) is 23.8 Å². The molecule has 0 unspecified atom stereocenters. The molecule has 1 aromatic rings. The van der Waals surface area contributed by atoms with E-state index in [-0.39, 0.29) is 17.1 Å². The third-order valence-corrected chi connectivity index (χ3v) is 3.27. The van der Waals surface area contributed by atoms with Gasteiger partial charge in [-0.15, -0.1) is 0 Å². The molecule has 9 heteroatoms. The summed E-state index contributed by atoms with van der Waals surface area (Å²) in [5.41, 5.74) is 0.255. The molecule has 128 valence electrons. The molecular weight excluding hydrogens is 318 g/mol. The molecule has 1 heterocycles. The van der Waals surface area contributed by atoms with Gasteiger partial charge in [0, 0.05) is 37.8 Å². The summed E-state index contributed by atoms with van der Waals surface area (Å²) in [6.45, 7) is -3.00. The highest BCUT2D eigenvalue weighted by molar-refractivity contribution is 5.83. The van der Waals surface area contributed by atoms with Crippen LogP contribution in [0.1, 0.15) is 5.56 Å². The second-order valence-electron chi connectivity index (χ2n) is 4.96. The monoisotopic (exact) mass is 335 g/mol. The molecule has 0 aliphatic carbocycles. The van der Waals surface area contributed by atoms with Gasteiger partial charge in [0.25, 0.3) is 0 Å². The van der Waals surface area contributed by atoms with Crippen molar-refractivity contribution in [3.8, 4) is 11.5 Å². The lowest BCUT2D eigenvalue weighted by molar-refractivity contribution is -0.0543. The van der Waals surface area contributed by atoms with Gasteiger partial charge in [-0.25, -0.2) is 0 Å². The highest BCUT2D eigenvalue weighted by Crippen LogP contribution is 2.26. The first kappa shape index (κ1) is 17.3. The Morgan fingerprint density at radius 3 is 2.30 bits per heavy atom. The summed E-state index contributed by atoms with van der Waals surface area (Å²) in [4.78, 5) is 2.15. The number of rotatable bonds is 6. The van der Waals surface area contributed by atoms with E-state index in [1.54, 1.807) is 5.01 Å². The zero-order chi connectivity index (χ0) is 16.8. The molecule has 0 amide bonds. The van der Waals surface area contributed by atoms with Crippen molar-refractivity contribution in [3.63, 3.8) is 0 Å². The van der Waals surface area contributed by atoms with Crippen LogP contribution in [-0.4, -0.2) is 62.6 Å². The van der Waals surface area contributed by atoms with Crippen molar-refractivity contribution in [1.82, 2.24) is 9.91 Å². The van der Waals surface area contributed by atoms with Crippen LogP contribution in [0.2, 0.25) is 0 Å². The third-order valence-electron chi connectivity index (χ3n) is 3.27. The van der Waals surface area contributed by atoms with Gasteiger partial charge in [0.2, 0.25) is 0 Å². The lowest BCUT2D eigenvalue weighted by Gasteiger charge is -2.30. The molecule has 0 radical (unpaired) electrons. The summed E-state index contributed by atoms with van der Waals surface area (Å²) in [5, 5.41) is 6.02. The van der Waals surface area contributed by atoms with E-state index >= 15 is 0 Å².